The minimum Gasteiger partial charge on any atom is -0.329 e. The van der Waals surface area contributed by atoms with Crippen molar-refractivity contribution in [2.75, 3.05) is 11.6 Å². The van der Waals surface area contributed by atoms with Gasteiger partial charge in [-0.2, -0.15) is 5.10 Å². The molecule has 2 rings (SSSR count). The molecule has 1 unspecified atom stereocenters. The van der Waals surface area contributed by atoms with Gasteiger partial charge in [-0.1, -0.05) is 0 Å². The molecule has 0 saturated heterocycles. The summed E-state index contributed by atoms with van der Waals surface area (Å²) >= 11 is 0. The fraction of sp³-hybridized carbons (Fsp3) is 0.300. The van der Waals surface area contributed by atoms with Crippen molar-refractivity contribution in [2.45, 2.75) is 6.92 Å². The van der Waals surface area contributed by atoms with Gasteiger partial charge in [0.1, 0.15) is 0 Å². The quantitative estimate of drug-likeness (QED) is 0.757. The summed E-state index contributed by atoms with van der Waals surface area (Å²) in [6.45, 7) is 2.12. The van der Waals surface area contributed by atoms with Gasteiger partial charge in [-0.3, -0.25) is 9.78 Å². The topological polar surface area (TPSA) is 71.6 Å². The number of anilines is 1. The highest BCUT2D eigenvalue weighted by Crippen LogP contribution is 2.22. The molecule has 15 heavy (non-hydrogen) atoms. The summed E-state index contributed by atoms with van der Waals surface area (Å²) in [6.07, 6.45) is 3.26. The first-order valence-corrected chi connectivity index (χ1v) is 4.73. The molecular weight excluding hydrogens is 192 g/mol. The number of carbonyl (C=O) groups excluding carboxylic acids is 1. The zero-order chi connectivity index (χ0) is 10.8. The van der Waals surface area contributed by atoms with Gasteiger partial charge in [0, 0.05) is 24.7 Å². The maximum Gasteiger partial charge on any atom is 0.257 e. The van der Waals surface area contributed by atoms with Crippen molar-refractivity contribution in [1.29, 1.82) is 0 Å². The molecular formula is C10H12N4O. The molecule has 0 saturated carbocycles. The molecule has 78 valence electrons. The van der Waals surface area contributed by atoms with Crippen LogP contribution in [-0.2, 0) is 4.79 Å². The molecule has 0 aliphatic carbocycles. The lowest BCUT2D eigenvalue weighted by atomic mass is 10.1. The Bertz CT molecular complexity index is 401. The average Bonchev–Trinajstić information content (AvgIpc) is 2.55. The van der Waals surface area contributed by atoms with E-state index in [0.29, 0.717) is 6.54 Å². The number of aromatic nitrogens is 1. The van der Waals surface area contributed by atoms with Crippen LogP contribution in [0.15, 0.2) is 29.6 Å². The van der Waals surface area contributed by atoms with E-state index in [2.05, 4.69) is 10.1 Å². The first kappa shape index (κ1) is 9.79. The SMILES string of the molecule is CC1=NN(c2ccncc2)C(=O)C1CN. The van der Waals surface area contributed by atoms with E-state index >= 15 is 0 Å². The maximum absolute atomic E-state index is 11.9. The molecule has 1 aliphatic rings. The normalized spacial score (nSPS) is 20.7. The molecule has 2 N–H and O–H groups in total. The minimum absolute atomic E-state index is 0.0683. The number of rotatable bonds is 2. The zero-order valence-corrected chi connectivity index (χ0v) is 8.42. The number of hydrogen-bond donors (Lipinski definition) is 1. The molecule has 1 aliphatic heterocycles. The number of pyridine rings is 1. The molecule has 5 nitrogen and oxygen atoms in total. The van der Waals surface area contributed by atoms with Crippen LogP contribution in [0, 0.1) is 5.92 Å². The molecule has 2 heterocycles. The highest BCUT2D eigenvalue weighted by Gasteiger charge is 2.32. The highest BCUT2D eigenvalue weighted by molar-refractivity contribution is 6.14. The van der Waals surface area contributed by atoms with Crippen molar-refractivity contribution in [3.63, 3.8) is 0 Å². The van der Waals surface area contributed by atoms with Gasteiger partial charge in [0.2, 0.25) is 0 Å². The molecule has 1 aromatic heterocycles. The summed E-state index contributed by atoms with van der Waals surface area (Å²) in [7, 11) is 0. The molecule has 0 bridgehead atoms. The van der Waals surface area contributed by atoms with Gasteiger partial charge in [-0.25, -0.2) is 5.01 Å². The van der Waals surface area contributed by atoms with E-state index in [1.807, 2.05) is 6.92 Å². The Kier molecular flexibility index (Phi) is 2.47. The first-order chi connectivity index (χ1) is 7.24. The van der Waals surface area contributed by atoms with E-state index in [9.17, 15) is 4.79 Å². The minimum atomic E-state index is -0.279. The summed E-state index contributed by atoms with van der Waals surface area (Å²) in [4.78, 5) is 15.7. The monoisotopic (exact) mass is 204 g/mol. The third-order valence-corrected chi connectivity index (χ3v) is 2.41. The summed E-state index contributed by atoms with van der Waals surface area (Å²) in [5.74, 6) is -0.348. The lowest BCUT2D eigenvalue weighted by Gasteiger charge is -2.12. The number of hydrogen-bond acceptors (Lipinski definition) is 4. The fourth-order valence-electron chi connectivity index (χ4n) is 1.54. The van der Waals surface area contributed by atoms with Crippen LogP contribution in [0.2, 0.25) is 0 Å². The Morgan fingerprint density at radius 1 is 1.47 bits per heavy atom. The Hall–Kier alpha value is -1.75. The predicted octanol–water partition coefficient (Wildman–Crippen LogP) is 0.379. The second-order valence-corrected chi connectivity index (χ2v) is 3.39. The maximum atomic E-state index is 11.9. The van der Waals surface area contributed by atoms with E-state index in [0.717, 1.165) is 11.4 Å². The third kappa shape index (κ3) is 1.61. The van der Waals surface area contributed by atoms with E-state index in [1.54, 1.807) is 24.5 Å². The number of nitrogens with two attached hydrogens (primary N) is 1. The van der Waals surface area contributed by atoms with E-state index in [1.165, 1.54) is 5.01 Å². The number of carbonyl (C=O) groups is 1. The Balaban J connectivity index is 2.31. The number of amides is 1. The van der Waals surface area contributed by atoms with Gasteiger partial charge in [-0.15, -0.1) is 0 Å². The smallest absolute Gasteiger partial charge is 0.257 e. The Labute approximate surface area is 87.6 Å². The van der Waals surface area contributed by atoms with Crippen LogP contribution in [0.3, 0.4) is 0 Å². The highest BCUT2D eigenvalue weighted by atomic mass is 16.2. The van der Waals surface area contributed by atoms with Crippen LogP contribution in [0.1, 0.15) is 6.92 Å². The van der Waals surface area contributed by atoms with Crippen molar-refractivity contribution >= 4 is 17.3 Å². The van der Waals surface area contributed by atoms with Gasteiger partial charge in [0.15, 0.2) is 0 Å². The lowest BCUT2D eigenvalue weighted by Crippen LogP contribution is -2.32. The summed E-state index contributed by atoms with van der Waals surface area (Å²) in [5, 5.41) is 5.57. The molecule has 5 heteroatoms. The van der Waals surface area contributed by atoms with E-state index in [4.69, 9.17) is 5.73 Å². The van der Waals surface area contributed by atoms with Gasteiger partial charge >= 0.3 is 0 Å². The molecule has 1 aromatic rings. The van der Waals surface area contributed by atoms with Crippen molar-refractivity contribution in [2.24, 2.45) is 16.8 Å². The molecule has 0 fully saturated rings. The molecule has 1 amide bonds. The summed E-state index contributed by atoms with van der Waals surface area (Å²) in [5.41, 5.74) is 7.00. The van der Waals surface area contributed by atoms with Crippen LogP contribution in [0.25, 0.3) is 0 Å². The Morgan fingerprint density at radius 3 is 2.67 bits per heavy atom. The molecule has 0 aromatic carbocycles. The number of hydrazone groups is 1. The van der Waals surface area contributed by atoms with E-state index < -0.39 is 0 Å². The molecule has 0 spiro atoms. The van der Waals surface area contributed by atoms with E-state index in [-0.39, 0.29) is 11.8 Å². The van der Waals surface area contributed by atoms with Crippen LogP contribution in [-0.4, -0.2) is 23.1 Å². The van der Waals surface area contributed by atoms with Crippen LogP contribution < -0.4 is 10.7 Å². The largest absolute Gasteiger partial charge is 0.329 e. The molecule has 1 atom stereocenters. The first-order valence-electron chi connectivity index (χ1n) is 4.73. The average molecular weight is 204 g/mol. The zero-order valence-electron chi connectivity index (χ0n) is 8.42. The Morgan fingerprint density at radius 2 is 2.13 bits per heavy atom. The lowest BCUT2D eigenvalue weighted by molar-refractivity contribution is -0.119. The van der Waals surface area contributed by atoms with Crippen LogP contribution in [0.5, 0.6) is 0 Å². The third-order valence-electron chi connectivity index (χ3n) is 2.41. The second-order valence-electron chi connectivity index (χ2n) is 3.39. The summed E-state index contributed by atoms with van der Waals surface area (Å²) < 4.78 is 0. The molecule has 0 radical (unpaired) electrons. The standard InChI is InChI=1S/C10H12N4O/c1-7-9(6-11)10(15)14(13-7)8-2-4-12-5-3-8/h2-5,9H,6,11H2,1H3. The van der Waals surface area contributed by atoms with Crippen molar-refractivity contribution < 1.29 is 4.79 Å². The van der Waals surface area contributed by atoms with Crippen molar-refractivity contribution in [3.05, 3.63) is 24.5 Å². The number of nitrogens with zero attached hydrogens (tertiary/aromatic N) is 3. The van der Waals surface area contributed by atoms with Crippen LogP contribution >= 0.6 is 0 Å². The fourth-order valence-corrected chi connectivity index (χ4v) is 1.54. The van der Waals surface area contributed by atoms with Gasteiger partial charge in [-0.05, 0) is 19.1 Å². The van der Waals surface area contributed by atoms with Gasteiger partial charge in [0.25, 0.3) is 5.91 Å². The van der Waals surface area contributed by atoms with Crippen LogP contribution in [0.4, 0.5) is 5.69 Å². The van der Waals surface area contributed by atoms with Crippen molar-refractivity contribution in [1.82, 2.24) is 4.98 Å². The second kappa shape index (κ2) is 3.78. The van der Waals surface area contributed by atoms with Gasteiger partial charge in [0.05, 0.1) is 11.6 Å². The predicted molar refractivity (Wildman–Crippen MR) is 57.4 cm³/mol. The van der Waals surface area contributed by atoms with Gasteiger partial charge < -0.3 is 5.73 Å². The summed E-state index contributed by atoms with van der Waals surface area (Å²) in [6, 6.07) is 3.49. The van der Waals surface area contributed by atoms with Crippen molar-refractivity contribution in [3.8, 4) is 0 Å².